The number of hydrogen-bond acceptors (Lipinski definition) is 14. The van der Waals surface area contributed by atoms with Gasteiger partial charge in [-0.1, -0.05) is 142 Å². The van der Waals surface area contributed by atoms with Crippen molar-refractivity contribution in [3.63, 3.8) is 0 Å². The number of benzene rings is 6. The molecule has 0 saturated carbocycles. The molecule has 6 aromatic rings. The predicted molar refractivity (Wildman–Crippen MR) is 367 cm³/mol. The molecule has 2 atom stereocenters. The van der Waals surface area contributed by atoms with Crippen molar-refractivity contribution in [2.24, 2.45) is 21.7 Å². The van der Waals surface area contributed by atoms with E-state index < -0.39 is 36.0 Å². The molecule has 0 amide bonds. The lowest BCUT2D eigenvalue weighted by atomic mass is 9.78. The highest BCUT2D eigenvalue weighted by Gasteiger charge is 2.46. The Bertz CT molecular complexity index is 3250. The van der Waals surface area contributed by atoms with E-state index in [1.165, 1.54) is 0 Å². The second-order valence-corrected chi connectivity index (χ2v) is 33.8. The molecule has 6 aromatic carbocycles. The fourth-order valence-corrected chi connectivity index (χ4v) is 15.4. The highest BCUT2D eigenvalue weighted by Crippen LogP contribution is 2.56. The minimum atomic E-state index is -1.81. The zero-order valence-electron chi connectivity index (χ0n) is 56.8. The molecular formula is C75H99O14P3. The highest BCUT2D eigenvalue weighted by molar-refractivity contribution is 7.49. The average molecular weight is 1320 g/mol. The van der Waals surface area contributed by atoms with E-state index in [0.717, 1.165) is 64.8 Å². The molecule has 4 aliphatic rings. The monoisotopic (exact) mass is 1320 g/mol. The first-order valence-electron chi connectivity index (χ1n) is 32.8. The molecule has 4 saturated heterocycles. The molecule has 4 fully saturated rings. The van der Waals surface area contributed by atoms with Crippen molar-refractivity contribution in [1.82, 2.24) is 0 Å². The van der Waals surface area contributed by atoms with E-state index in [2.05, 4.69) is 144 Å². The third-order valence-corrected chi connectivity index (χ3v) is 24.4. The SMILES string of the molecule is CCC1(COP(OCC2(CC)COC2)Oc2ccc(C(C)(C)c3ccc(OP(Oc4ccc(C(C)(C)c5ccc(O)cc5)cc4)C(C)(C)Oc4ccc(C(C)(C)c5ccc(OP(OCC6(CC)COC6)C(C)(C)OCC6(CC)COC6)cc5)cc4)cc3)cc2)COC1. The Morgan fingerprint density at radius 2 is 0.609 bits per heavy atom. The Labute approximate surface area is 551 Å². The number of rotatable bonds is 34. The zero-order valence-corrected chi connectivity index (χ0v) is 59.4. The predicted octanol–water partition coefficient (Wildman–Crippen LogP) is 18.8. The van der Waals surface area contributed by atoms with Crippen molar-refractivity contribution in [3.8, 4) is 34.5 Å². The Kier molecular flexibility index (Phi) is 21.9. The van der Waals surface area contributed by atoms with Crippen LogP contribution < -0.4 is 22.8 Å². The van der Waals surface area contributed by atoms with Crippen molar-refractivity contribution < 1.29 is 65.2 Å². The molecule has 0 radical (unpaired) electrons. The quantitative estimate of drug-likeness (QED) is 0.0383. The number of phenols is 1. The Balaban J connectivity index is 0.829. The molecule has 498 valence electrons. The third kappa shape index (κ3) is 16.1. The normalized spacial score (nSPS) is 18.3. The number of ether oxygens (including phenoxy) is 6. The van der Waals surface area contributed by atoms with Gasteiger partial charge in [-0.3, -0.25) is 0 Å². The van der Waals surface area contributed by atoms with Crippen molar-refractivity contribution in [2.45, 2.75) is 150 Å². The molecule has 0 spiro atoms. The minimum Gasteiger partial charge on any atom is -0.508 e. The molecule has 4 heterocycles. The van der Waals surface area contributed by atoms with Crippen molar-refractivity contribution in [3.05, 3.63) is 179 Å². The van der Waals surface area contributed by atoms with E-state index in [-0.39, 0.29) is 43.7 Å². The van der Waals surface area contributed by atoms with Crippen LogP contribution in [0.2, 0.25) is 0 Å². The molecule has 1 N–H and O–H groups in total. The summed E-state index contributed by atoms with van der Waals surface area (Å²) in [7, 11) is -4.96. The van der Waals surface area contributed by atoms with Crippen LogP contribution in [0.3, 0.4) is 0 Å². The lowest BCUT2D eigenvalue weighted by Crippen LogP contribution is -2.48. The van der Waals surface area contributed by atoms with Gasteiger partial charge in [0.25, 0.3) is 8.38 Å². The summed E-state index contributed by atoms with van der Waals surface area (Å²) in [5.74, 6) is 3.65. The third-order valence-electron chi connectivity index (χ3n) is 19.9. The van der Waals surface area contributed by atoms with Crippen LogP contribution in [-0.2, 0) is 53.5 Å². The second-order valence-electron chi connectivity index (χ2n) is 28.6. The van der Waals surface area contributed by atoms with Gasteiger partial charge < -0.3 is 65.2 Å². The summed E-state index contributed by atoms with van der Waals surface area (Å²) in [5.41, 5.74) is 5.62. The van der Waals surface area contributed by atoms with Crippen LogP contribution in [0.15, 0.2) is 146 Å². The van der Waals surface area contributed by atoms with Crippen LogP contribution in [0, 0.1) is 21.7 Å². The summed E-state index contributed by atoms with van der Waals surface area (Å²) in [6.45, 7) is 37.9. The maximum absolute atomic E-state index is 10.0. The highest BCUT2D eigenvalue weighted by atomic mass is 31.2. The van der Waals surface area contributed by atoms with Gasteiger partial charge >= 0.3 is 17.0 Å². The van der Waals surface area contributed by atoms with E-state index in [9.17, 15) is 5.11 Å². The van der Waals surface area contributed by atoms with E-state index in [0.29, 0.717) is 102 Å². The Morgan fingerprint density at radius 3 is 0.913 bits per heavy atom. The molecule has 10 rings (SSSR count). The zero-order chi connectivity index (χ0) is 65.6. The average Bonchev–Trinajstić information content (AvgIpc) is 0.836. The van der Waals surface area contributed by atoms with Crippen LogP contribution in [0.1, 0.15) is 156 Å². The molecule has 0 bridgehead atoms. The van der Waals surface area contributed by atoms with Gasteiger partial charge in [0.05, 0.1) is 79.3 Å². The summed E-state index contributed by atoms with van der Waals surface area (Å²) in [6, 6.07) is 48.8. The minimum absolute atomic E-state index is 0.00354. The van der Waals surface area contributed by atoms with Crippen LogP contribution in [-0.4, -0.2) is 95.1 Å². The molecule has 2 unspecified atom stereocenters. The van der Waals surface area contributed by atoms with Crippen molar-refractivity contribution in [2.75, 3.05) is 79.3 Å². The summed E-state index contributed by atoms with van der Waals surface area (Å²) < 4.78 is 82.7. The maximum atomic E-state index is 10.0. The molecule has 17 heteroatoms. The topological polar surface area (TPSA) is 140 Å². The van der Waals surface area contributed by atoms with Crippen molar-refractivity contribution in [1.29, 1.82) is 0 Å². The summed E-state index contributed by atoms with van der Waals surface area (Å²) in [5, 5.41) is 8.40. The molecule has 14 nitrogen and oxygen atoms in total. The van der Waals surface area contributed by atoms with E-state index >= 15 is 0 Å². The van der Waals surface area contributed by atoms with Crippen LogP contribution in [0.4, 0.5) is 0 Å². The molecule has 0 aliphatic carbocycles. The summed E-state index contributed by atoms with van der Waals surface area (Å²) in [4.78, 5) is 0. The fraction of sp³-hybridized carbons (Fsp3) is 0.520. The first-order valence-corrected chi connectivity index (χ1v) is 36.2. The molecule has 4 aliphatic heterocycles. The van der Waals surface area contributed by atoms with Crippen LogP contribution in [0.5, 0.6) is 34.5 Å². The van der Waals surface area contributed by atoms with Gasteiger partial charge in [0, 0.05) is 37.9 Å². The van der Waals surface area contributed by atoms with Gasteiger partial charge in [-0.05, 0) is 160 Å². The van der Waals surface area contributed by atoms with Gasteiger partial charge in [-0.15, -0.1) is 0 Å². The summed E-state index contributed by atoms with van der Waals surface area (Å²) in [6.07, 6.45) is 3.89. The maximum Gasteiger partial charge on any atom is 0.397 e. The largest absolute Gasteiger partial charge is 0.508 e. The van der Waals surface area contributed by atoms with Gasteiger partial charge in [-0.25, -0.2) is 0 Å². The summed E-state index contributed by atoms with van der Waals surface area (Å²) >= 11 is 0. The Hall–Kier alpha value is -4.91. The fourth-order valence-electron chi connectivity index (χ4n) is 11.4. The van der Waals surface area contributed by atoms with Gasteiger partial charge in [-0.2, -0.15) is 0 Å². The van der Waals surface area contributed by atoms with Gasteiger partial charge in [0.1, 0.15) is 39.8 Å². The number of phenolic OH excluding ortho intramolecular Hbond substituents is 1. The smallest absolute Gasteiger partial charge is 0.397 e. The molecule has 92 heavy (non-hydrogen) atoms. The van der Waals surface area contributed by atoms with Gasteiger partial charge in [0.15, 0.2) is 5.34 Å². The van der Waals surface area contributed by atoms with E-state index in [4.69, 9.17) is 60.1 Å². The van der Waals surface area contributed by atoms with Crippen molar-refractivity contribution >= 4 is 25.4 Å². The lowest BCUT2D eigenvalue weighted by molar-refractivity contribution is -0.165. The Morgan fingerprint density at radius 1 is 0.337 bits per heavy atom. The molecule has 0 aromatic heterocycles. The number of hydrogen-bond donors (Lipinski definition) is 1. The van der Waals surface area contributed by atoms with E-state index in [1.54, 1.807) is 12.1 Å². The molecular weight excluding hydrogens is 1220 g/mol. The first kappa shape index (κ1) is 69.9. The standard InChI is InChI=1S/C75H99O14P3/c1-15-72(43-77-44-72)51-81-70(11,12)90(82-52-73(16-2)45-78-46-73)86-63-35-23-58(24-36-63)68(7,8)56-21-33-62(34-22-56)85-71(13,14)91(87-64-37-25-57(26-38-64)67(5,6)55-19-31-61(76)32-20-55)88-65-39-27-59(28-40-65)69(9,10)60-29-41-66(42-30-60)89-92(83-53-74(17-3)47-79-48-74)84-54-75(18-4)49-80-50-75/h19-42,76H,15-18,43-54H2,1-14H3. The lowest BCUT2D eigenvalue weighted by Gasteiger charge is -2.44. The van der Waals surface area contributed by atoms with Gasteiger partial charge in [0.2, 0.25) is 0 Å². The van der Waals surface area contributed by atoms with Crippen LogP contribution >= 0.6 is 25.4 Å². The van der Waals surface area contributed by atoms with Crippen LogP contribution in [0.25, 0.3) is 0 Å². The second kappa shape index (κ2) is 28.8. The van der Waals surface area contributed by atoms with E-state index in [1.807, 2.05) is 86.6 Å². The first-order chi connectivity index (χ1) is 43.8. The number of aromatic hydroxyl groups is 1.